The van der Waals surface area contributed by atoms with Gasteiger partial charge in [0.15, 0.2) is 6.04 Å². The number of carboxylic acids is 1. The van der Waals surface area contributed by atoms with Crippen LogP contribution in [0.15, 0.2) is 24.3 Å². The molecule has 1 N–H and O–H groups in total. The van der Waals surface area contributed by atoms with Crippen molar-refractivity contribution < 1.29 is 19.4 Å². The lowest BCUT2D eigenvalue weighted by Crippen LogP contribution is -2.35. The molecule has 1 aliphatic rings. The molecule has 1 atom stereocenters. The van der Waals surface area contributed by atoms with Gasteiger partial charge >= 0.3 is 5.97 Å². The number of rotatable bonds is 6. The summed E-state index contributed by atoms with van der Waals surface area (Å²) < 4.78 is 5.17. The zero-order valence-electron chi connectivity index (χ0n) is 10.1. The number of nitrogens with zero attached hydrogens (tertiary/aromatic N) is 1. The van der Waals surface area contributed by atoms with E-state index in [4.69, 9.17) is 4.74 Å². The SMILES string of the molecule is COc1ccccc1C(C(=O)O)N(C=O)C1CC1. The molecule has 1 amide bonds. The summed E-state index contributed by atoms with van der Waals surface area (Å²) in [5.74, 6) is -0.559. The first-order valence-corrected chi connectivity index (χ1v) is 5.77. The van der Waals surface area contributed by atoms with Gasteiger partial charge in [-0.05, 0) is 18.9 Å². The summed E-state index contributed by atoms with van der Waals surface area (Å²) in [6.07, 6.45) is 2.33. The maximum absolute atomic E-state index is 11.4. The van der Waals surface area contributed by atoms with Gasteiger partial charge in [-0.25, -0.2) is 4.79 Å². The zero-order chi connectivity index (χ0) is 13.1. The Balaban J connectivity index is 2.40. The fraction of sp³-hybridized carbons (Fsp3) is 0.385. The van der Waals surface area contributed by atoms with Crippen LogP contribution in [0.5, 0.6) is 5.75 Å². The highest BCUT2D eigenvalue weighted by Crippen LogP contribution is 2.36. The van der Waals surface area contributed by atoms with Crippen LogP contribution in [0.1, 0.15) is 24.4 Å². The van der Waals surface area contributed by atoms with Crippen LogP contribution in [0.2, 0.25) is 0 Å². The average Bonchev–Trinajstić information content (AvgIpc) is 3.19. The standard InChI is InChI=1S/C13H15NO4/c1-18-11-5-3-2-4-10(11)12(13(16)17)14(8-15)9-6-7-9/h2-5,8-9,12H,6-7H2,1H3,(H,16,17). The Morgan fingerprint density at radius 1 is 1.50 bits per heavy atom. The van der Waals surface area contributed by atoms with Gasteiger partial charge in [-0.3, -0.25) is 4.79 Å². The molecule has 5 heteroatoms. The van der Waals surface area contributed by atoms with Crippen LogP contribution in [-0.2, 0) is 9.59 Å². The predicted octanol–water partition coefficient (Wildman–Crippen LogP) is 1.44. The highest BCUT2D eigenvalue weighted by Gasteiger charge is 2.38. The number of carbonyl (C=O) groups excluding carboxylic acids is 1. The molecule has 1 unspecified atom stereocenters. The van der Waals surface area contributed by atoms with E-state index < -0.39 is 12.0 Å². The minimum atomic E-state index is -1.04. The number of hydrogen-bond donors (Lipinski definition) is 1. The van der Waals surface area contributed by atoms with Gasteiger partial charge in [0.25, 0.3) is 0 Å². The third-order valence-electron chi connectivity index (χ3n) is 3.06. The van der Waals surface area contributed by atoms with E-state index in [1.54, 1.807) is 24.3 Å². The fourth-order valence-electron chi connectivity index (χ4n) is 2.04. The van der Waals surface area contributed by atoms with Crippen molar-refractivity contribution in [2.24, 2.45) is 0 Å². The number of methoxy groups -OCH3 is 1. The van der Waals surface area contributed by atoms with Crippen molar-refractivity contribution in [3.8, 4) is 5.75 Å². The molecule has 0 heterocycles. The van der Waals surface area contributed by atoms with Crippen molar-refractivity contribution in [3.05, 3.63) is 29.8 Å². The van der Waals surface area contributed by atoms with Crippen molar-refractivity contribution in [2.75, 3.05) is 7.11 Å². The second kappa shape index (κ2) is 5.08. The third kappa shape index (κ3) is 2.30. The number of hydrogen-bond acceptors (Lipinski definition) is 3. The lowest BCUT2D eigenvalue weighted by Gasteiger charge is -2.26. The Morgan fingerprint density at radius 2 is 2.17 bits per heavy atom. The van der Waals surface area contributed by atoms with Gasteiger partial charge in [0, 0.05) is 11.6 Å². The largest absolute Gasteiger partial charge is 0.496 e. The molecule has 1 aromatic rings. The summed E-state index contributed by atoms with van der Waals surface area (Å²) in [6.45, 7) is 0. The van der Waals surface area contributed by atoms with E-state index in [1.807, 2.05) is 0 Å². The molecule has 0 saturated heterocycles. The molecule has 0 aliphatic heterocycles. The van der Waals surface area contributed by atoms with Crippen LogP contribution < -0.4 is 4.74 Å². The Hall–Kier alpha value is -2.04. The molecular formula is C13H15NO4. The van der Waals surface area contributed by atoms with Gasteiger partial charge in [0.2, 0.25) is 6.41 Å². The molecule has 1 saturated carbocycles. The summed E-state index contributed by atoms with van der Waals surface area (Å²) in [6, 6.07) is 5.94. The Morgan fingerprint density at radius 3 is 2.67 bits per heavy atom. The summed E-state index contributed by atoms with van der Waals surface area (Å²) >= 11 is 0. The molecule has 0 radical (unpaired) electrons. The molecule has 18 heavy (non-hydrogen) atoms. The number of aliphatic carboxylic acids is 1. The summed E-state index contributed by atoms with van der Waals surface area (Å²) in [4.78, 5) is 23.9. The first-order valence-electron chi connectivity index (χ1n) is 5.77. The van der Waals surface area contributed by atoms with E-state index in [0.717, 1.165) is 12.8 Å². The van der Waals surface area contributed by atoms with Crippen LogP contribution in [0, 0.1) is 0 Å². The number of benzene rings is 1. The van der Waals surface area contributed by atoms with Crippen molar-refractivity contribution in [3.63, 3.8) is 0 Å². The summed E-state index contributed by atoms with van der Waals surface area (Å²) in [7, 11) is 1.49. The number of para-hydroxylation sites is 1. The lowest BCUT2D eigenvalue weighted by molar-refractivity contribution is -0.147. The molecule has 2 rings (SSSR count). The molecule has 96 valence electrons. The normalized spacial score (nSPS) is 15.8. The van der Waals surface area contributed by atoms with Crippen LogP contribution in [0.25, 0.3) is 0 Å². The average molecular weight is 249 g/mol. The Kier molecular flexibility index (Phi) is 3.50. The maximum Gasteiger partial charge on any atom is 0.331 e. The van der Waals surface area contributed by atoms with Gasteiger partial charge in [-0.2, -0.15) is 0 Å². The molecule has 0 spiro atoms. The van der Waals surface area contributed by atoms with E-state index in [0.29, 0.717) is 17.7 Å². The lowest BCUT2D eigenvalue weighted by atomic mass is 10.0. The van der Waals surface area contributed by atoms with Gasteiger partial charge in [0.05, 0.1) is 7.11 Å². The van der Waals surface area contributed by atoms with E-state index >= 15 is 0 Å². The van der Waals surface area contributed by atoms with E-state index in [9.17, 15) is 14.7 Å². The van der Waals surface area contributed by atoms with Crippen LogP contribution in [0.4, 0.5) is 0 Å². The molecular weight excluding hydrogens is 234 g/mol. The maximum atomic E-state index is 11.4. The van der Waals surface area contributed by atoms with Crippen LogP contribution >= 0.6 is 0 Å². The summed E-state index contributed by atoms with van der Waals surface area (Å²) in [5, 5.41) is 9.37. The minimum Gasteiger partial charge on any atom is -0.496 e. The summed E-state index contributed by atoms with van der Waals surface area (Å²) in [5.41, 5.74) is 0.506. The topological polar surface area (TPSA) is 66.8 Å². The van der Waals surface area contributed by atoms with Gasteiger partial charge in [-0.1, -0.05) is 18.2 Å². The number of amides is 1. The van der Waals surface area contributed by atoms with Crippen LogP contribution in [-0.4, -0.2) is 35.5 Å². The Bertz CT molecular complexity index is 456. The molecule has 1 fully saturated rings. The second-order valence-corrected chi connectivity index (χ2v) is 4.27. The first kappa shape index (κ1) is 12.4. The van der Waals surface area contributed by atoms with E-state index in [2.05, 4.69) is 0 Å². The van der Waals surface area contributed by atoms with Crippen molar-refractivity contribution in [1.29, 1.82) is 0 Å². The highest BCUT2D eigenvalue weighted by molar-refractivity contribution is 5.79. The fourth-order valence-corrected chi connectivity index (χ4v) is 2.04. The highest BCUT2D eigenvalue weighted by atomic mass is 16.5. The van der Waals surface area contributed by atoms with Crippen molar-refractivity contribution in [1.82, 2.24) is 4.90 Å². The molecule has 0 bridgehead atoms. The quantitative estimate of drug-likeness (QED) is 0.775. The molecule has 1 aromatic carbocycles. The van der Waals surface area contributed by atoms with Crippen molar-refractivity contribution in [2.45, 2.75) is 24.9 Å². The number of carboxylic acid groups (broad SMARTS) is 1. The minimum absolute atomic E-state index is 0.0357. The van der Waals surface area contributed by atoms with Gasteiger partial charge in [0.1, 0.15) is 5.75 Å². The predicted molar refractivity (Wildman–Crippen MR) is 64.3 cm³/mol. The number of ether oxygens (including phenoxy) is 1. The molecule has 1 aliphatic carbocycles. The van der Waals surface area contributed by atoms with Crippen LogP contribution in [0.3, 0.4) is 0 Å². The monoisotopic (exact) mass is 249 g/mol. The second-order valence-electron chi connectivity index (χ2n) is 4.27. The van der Waals surface area contributed by atoms with Crippen molar-refractivity contribution >= 4 is 12.4 Å². The Labute approximate surface area is 105 Å². The van der Waals surface area contributed by atoms with Gasteiger partial charge in [-0.15, -0.1) is 0 Å². The zero-order valence-corrected chi connectivity index (χ0v) is 10.1. The molecule has 0 aromatic heterocycles. The van der Waals surface area contributed by atoms with E-state index in [1.165, 1.54) is 12.0 Å². The number of carbonyl (C=O) groups is 2. The molecule has 5 nitrogen and oxygen atoms in total. The van der Waals surface area contributed by atoms with E-state index in [-0.39, 0.29) is 6.04 Å². The van der Waals surface area contributed by atoms with Gasteiger partial charge < -0.3 is 14.7 Å². The smallest absolute Gasteiger partial charge is 0.331 e. The third-order valence-corrected chi connectivity index (χ3v) is 3.06. The first-order chi connectivity index (χ1) is 8.69.